The molecule has 0 aliphatic carbocycles. The minimum absolute atomic E-state index is 0.0974. The van der Waals surface area contributed by atoms with Crippen LogP contribution in [0.25, 0.3) is 11.1 Å². The number of H-pyrrole nitrogens is 1. The molecule has 6 heteroatoms. The molecule has 0 radical (unpaired) electrons. The Bertz CT molecular complexity index is 1030. The van der Waals surface area contributed by atoms with Gasteiger partial charge < -0.3 is 15.8 Å². The fourth-order valence-corrected chi connectivity index (χ4v) is 3.58. The number of hydrogen-bond donors (Lipinski definition) is 3. The van der Waals surface area contributed by atoms with Gasteiger partial charge in [0.15, 0.2) is 0 Å². The summed E-state index contributed by atoms with van der Waals surface area (Å²) >= 11 is 0. The molecule has 4 N–H and O–H groups in total. The molecular weight excluding hydrogens is 352 g/mol. The molecule has 148 valence electrons. The Balaban J connectivity index is 2.27. The van der Waals surface area contributed by atoms with Crippen molar-refractivity contribution < 1.29 is 5.11 Å². The molecule has 3 aromatic rings. The molecule has 28 heavy (non-hydrogen) atoms. The largest absolute Gasteiger partial charge is 0.493 e. The number of aryl methyl sites for hydroxylation is 2. The first-order valence-electron chi connectivity index (χ1n) is 9.57. The molecule has 0 unspecified atom stereocenters. The number of nitrogens with two attached hydrogens (primary N) is 1. The predicted octanol–water partition coefficient (Wildman–Crippen LogP) is 3.27. The van der Waals surface area contributed by atoms with Gasteiger partial charge in [-0.05, 0) is 42.9 Å². The average molecular weight is 380 g/mol. The third-order valence-electron chi connectivity index (χ3n) is 5.00. The van der Waals surface area contributed by atoms with Gasteiger partial charge in [-0.1, -0.05) is 43.7 Å². The van der Waals surface area contributed by atoms with Crippen LogP contribution in [0.5, 0.6) is 5.88 Å². The number of imidazole rings is 1. The molecule has 6 nitrogen and oxygen atoms in total. The molecule has 0 atom stereocenters. The highest BCUT2D eigenvalue weighted by molar-refractivity contribution is 5.73. The Labute approximate surface area is 165 Å². The number of benzene rings is 1. The molecule has 0 aliphatic rings. The summed E-state index contributed by atoms with van der Waals surface area (Å²) in [6.07, 6.45) is 2.13. The molecule has 0 amide bonds. The lowest BCUT2D eigenvalue weighted by Gasteiger charge is -2.21. The fraction of sp³-hybridized carbons (Fsp3) is 0.364. The zero-order chi connectivity index (χ0) is 20.4. The van der Waals surface area contributed by atoms with Gasteiger partial charge in [-0.3, -0.25) is 9.55 Å². The summed E-state index contributed by atoms with van der Waals surface area (Å²) in [5.41, 5.74) is 12.8. The van der Waals surface area contributed by atoms with E-state index >= 15 is 0 Å². The zero-order valence-corrected chi connectivity index (χ0v) is 16.9. The summed E-state index contributed by atoms with van der Waals surface area (Å²) in [6, 6.07) is 8.28. The molecule has 0 saturated heterocycles. The topological polar surface area (TPSA) is 96.9 Å². The van der Waals surface area contributed by atoms with Crippen LogP contribution in [-0.2, 0) is 19.5 Å². The monoisotopic (exact) mass is 380 g/mol. The van der Waals surface area contributed by atoms with E-state index in [1.165, 1.54) is 16.3 Å². The van der Waals surface area contributed by atoms with Crippen LogP contribution in [0.2, 0.25) is 0 Å². The number of aromatic hydroxyl groups is 1. The molecule has 2 aromatic heterocycles. The van der Waals surface area contributed by atoms with E-state index in [2.05, 4.69) is 43.1 Å². The number of nitrogens with one attached hydrogen (secondary N) is 1. The molecule has 0 saturated carbocycles. The van der Waals surface area contributed by atoms with E-state index in [0.29, 0.717) is 12.5 Å². The normalized spacial score (nSPS) is 11.4. The van der Waals surface area contributed by atoms with Gasteiger partial charge >= 0.3 is 5.69 Å². The van der Waals surface area contributed by atoms with E-state index in [-0.39, 0.29) is 18.1 Å². The van der Waals surface area contributed by atoms with Gasteiger partial charge in [0.05, 0.1) is 12.7 Å². The Hall–Kier alpha value is -2.86. The molecule has 3 rings (SSSR count). The lowest BCUT2D eigenvalue weighted by atomic mass is 9.89. The van der Waals surface area contributed by atoms with Crippen LogP contribution in [0.15, 0.2) is 35.3 Å². The van der Waals surface area contributed by atoms with Crippen molar-refractivity contribution in [2.75, 3.05) is 0 Å². The van der Waals surface area contributed by atoms with E-state index in [1.807, 2.05) is 13.8 Å². The van der Waals surface area contributed by atoms with Crippen LogP contribution < -0.4 is 11.4 Å². The highest BCUT2D eigenvalue weighted by Crippen LogP contribution is 2.33. The molecule has 0 bridgehead atoms. The van der Waals surface area contributed by atoms with Crippen LogP contribution in [0.3, 0.4) is 0 Å². The van der Waals surface area contributed by atoms with Gasteiger partial charge in [-0.25, -0.2) is 4.79 Å². The Kier molecular flexibility index (Phi) is 5.70. The van der Waals surface area contributed by atoms with Crippen molar-refractivity contribution in [3.8, 4) is 17.0 Å². The van der Waals surface area contributed by atoms with Gasteiger partial charge in [-0.2, -0.15) is 0 Å². The third kappa shape index (κ3) is 3.87. The summed E-state index contributed by atoms with van der Waals surface area (Å²) in [7, 11) is 0. The van der Waals surface area contributed by atoms with Crippen LogP contribution in [0.1, 0.15) is 41.9 Å². The highest BCUT2D eigenvalue weighted by Gasteiger charge is 2.20. The summed E-state index contributed by atoms with van der Waals surface area (Å²) < 4.78 is 1.31. The van der Waals surface area contributed by atoms with Gasteiger partial charge in [0.25, 0.3) is 0 Å². The van der Waals surface area contributed by atoms with E-state index in [1.54, 1.807) is 0 Å². The lowest BCUT2D eigenvalue weighted by molar-refractivity contribution is 0.421. The van der Waals surface area contributed by atoms with Crippen molar-refractivity contribution >= 4 is 0 Å². The second-order valence-electron chi connectivity index (χ2n) is 7.68. The van der Waals surface area contributed by atoms with E-state index < -0.39 is 0 Å². The van der Waals surface area contributed by atoms with Crippen LogP contribution >= 0.6 is 0 Å². The maximum atomic E-state index is 12.1. The standard InChI is InChI=1S/C22H28N4O2/c1-13(2)9-19-17(10-23)21(16-7-5-14(3)6-8-16)18(15(4)25-19)12-26-20(27)11-24-22(26)28/h5-8,11,13,27H,9-10,12,23H2,1-4H3,(H,24,28). The number of nitrogens with zero attached hydrogens (tertiary/aromatic N) is 2. The summed E-state index contributed by atoms with van der Waals surface area (Å²) in [5, 5.41) is 10.1. The molecule has 2 heterocycles. The number of aromatic amines is 1. The average Bonchev–Trinajstić information content (AvgIpc) is 2.95. The van der Waals surface area contributed by atoms with Crippen LogP contribution in [0.4, 0.5) is 0 Å². The van der Waals surface area contributed by atoms with Crippen LogP contribution in [-0.4, -0.2) is 19.6 Å². The maximum Gasteiger partial charge on any atom is 0.328 e. The van der Waals surface area contributed by atoms with Crippen molar-refractivity contribution in [1.82, 2.24) is 14.5 Å². The lowest BCUT2D eigenvalue weighted by Crippen LogP contribution is -2.20. The maximum absolute atomic E-state index is 12.1. The number of pyridine rings is 1. The SMILES string of the molecule is Cc1ccc(-c2c(Cn3c(O)c[nH]c3=O)c(C)nc(CC(C)C)c2CN)cc1. The second-order valence-corrected chi connectivity index (χ2v) is 7.68. The molecular formula is C22H28N4O2. The van der Waals surface area contributed by atoms with Crippen molar-refractivity contribution in [3.63, 3.8) is 0 Å². The zero-order valence-electron chi connectivity index (χ0n) is 16.9. The first kappa shape index (κ1) is 19.9. The van der Waals surface area contributed by atoms with Gasteiger partial charge in [-0.15, -0.1) is 0 Å². The molecule has 0 spiro atoms. The van der Waals surface area contributed by atoms with Crippen molar-refractivity contribution in [3.05, 3.63) is 69.0 Å². The van der Waals surface area contributed by atoms with Gasteiger partial charge in [0, 0.05) is 23.5 Å². The number of aromatic nitrogens is 3. The quantitative estimate of drug-likeness (QED) is 0.611. The summed E-state index contributed by atoms with van der Waals surface area (Å²) in [6.45, 7) is 8.91. The van der Waals surface area contributed by atoms with E-state index in [4.69, 9.17) is 10.7 Å². The third-order valence-corrected chi connectivity index (χ3v) is 5.00. The van der Waals surface area contributed by atoms with Crippen molar-refractivity contribution in [2.45, 2.75) is 47.2 Å². The van der Waals surface area contributed by atoms with Crippen molar-refractivity contribution in [2.24, 2.45) is 11.7 Å². The first-order chi connectivity index (χ1) is 13.3. The minimum Gasteiger partial charge on any atom is -0.493 e. The number of hydrogen-bond acceptors (Lipinski definition) is 4. The Morgan fingerprint density at radius 3 is 2.39 bits per heavy atom. The Morgan fingerprint density at radius 2 is 1.86 bits per heavy atom. The predicted molar refractivity (Wildman–Crippen MR) is 111 cm³/mol. The smallest absolute Gasteiger partial charge is 0.328 e. The number of rotatable bonds is 6. The second kappa shape index (κ2) is 8.02. The molecule has 0 aliphatic heterocycles. The molecule has 0 fully saturated rings. The van der Waals surface area contributed by atoms with E-state index in [0.717, 1.165) is 40.1 Å². The van der Waals surface area contributed by atoms with Gasteiger partial charge in [0.2, 0.25) is 5.88 Å². The summed E-state index contributed by atoms with van der Waals surface area (Å²) in [4.78, 5) is 19.5. The van der Waals surface area contributed by atoms with Crippen LogP contribution in [0, 0.1) is 19.8 Å². The Morgan fingerprint density at radius 1 is 1.18 bits per heavy atom. The fourth-order valence-electron chi connectivity index (χ4n) is 3.58. The van der Waals surface area contributed by atoms with Crippen molar-refractivity contribution in [1.29, 1.82) is 0 Å². The highest BCUT2D eigenvalue weighted by atomic mass is 16.3. The van der Waals surface area contributed by atoms with Gasteiger partial charge in [0.1, 0.15) is 0 Å². The molecule has 1 aromatic carbocycles. The first-order valence-corrected chi connectivity index (χ1v) is 9.57. The minimum atomic E-state index is -0.354. The summed E-state index contributed by atoms with van der Waals surface area (Å²) in [5.74, 6) is 0.352. The van der Waals surface area contributed by atoms with E-state index in [9.17, 15) is 9.90 Å².